The minimum Gasteiger partial charge on any atom is -0.497 e. The normalized spacial score (nSPS) is 11.5. The van der Waals surface area contributed by atoms with Crippen LogP contribution in [0.15, 0.2) is 78.9 Å². The molecule has 5 rings (SSSR count). The van der Waals surface area contributed by atoms with Crippen molar-refractivity contribution in [3.63, 3.8) is 0 Å². The first kappa shape index (κ1) is 27.6. The van der Waals surface area contributed by atoms with Gasteiger partial charge >= 0.3 is 12.1 Å². The quantitative estimate of drug-likeness (QED) is 0.195. The largest absolute Gasteiger partial charge is 0.497 e. The van der Waals surface area contributed by atoms with E-state index in [1.54, 1.807) is 42.8 Å². The molecule has 1 amide bonds. The van der Waals surface area contributed by atoms with Crippen molar-refractivity contribution >= 4 is 22.6 Å². The molecule has 2 N–H and O–H groups in total. The lowest BCUT2D eigenvalue weighted by molar-refractivity contribution is -0.167. The Kier molecular flexibility index (Phi) is 7.60. The van der Waals surface area contributed by atoms with E-state index < -0.39 is 23.7 Å². The molecule has 0 aliphatic rings. The number of carbonyl (C=O) groups excluding carboxylic acids is 1. The average molecular weight is 568 g/mol. The smallest absolute Gasteiger partial charge is 0.471 e. The molecule has 0 aliphatic carbocycles. The number of benzene rings is 4. The summed E-state index contributed by atoms with van der Waals surface area (Å²) >= 11 is 0. The van der Waals surface area contributed by atoms with Gasteiger partial charge in [0.2, 0.25) is 0 Å². The van der Waals surface area contributed by atoms with Gasteiger partial charge in [-0.25, -0.2) is 8.78 Å². The van der Waals surface area contributed by atoms with Crippen molar-refractivity contribution < 1.29 is 36.2 Å². The van der Waals surface area contributed by atoms with E-state index in [2.05, 4.69) is 10.2 Å². The second-order valence-corrected chi connectivity index (χ2v) is 9.19. The standard InChI is InChI=1S/C30H22F5N3O3/c1-40-23-6-2-17(3-7-23)16-41-24-8-4-19(5-9-24)25-15-27-26(28(38-37-27)36-29(39)30(33,34)35)13-20(25)10-18-11-21(31)14-22(32)12-18/h2-9,11-15H,10,16H2,1H3,(H2,36,37,38,39). The second kappa shape index (κ2) is 11.3. The van der Waals surface area contributed by atoms with Gasteiger partial charge in [-0.3, -0.25) is 9.89 Å². The zero-order chi connectivity index (χ0) is 29.1. The number of hydrogen-bond acceptors (Lipinski definition) is 4. The van der Waals surface area contributed by atoms with Gasteiger partial charge in [-0.15, -0.1) is 0 Å². The maximum atomic E-state index is 13.9. The van der Waals surface area contributed by atoms with Crippen molar-refractivity contribution in [2.24, 2.45) is 0 Å². The summed E-state index contributed by atoms with van der Waals surface area (Å²) in [7, 11) is 1.59. The zero-order valence-corrected chi connectivity index (χ0v) is 21.5. The zero-order valence-electron chi connectivity index (χ0n) is 21.5. The minimum absolute atomic E-state index is 0.0491. The maximum absolute atomic E-state index is 13.9. The van der Waals surface area contributed by atoms with Crippen molar-refractivity contribution in [3.05, 3.63) is 107 Å². The summed E-state index contributed by atoms with van der Waals surface area (Å²) in [6, 6.07) is 20.8. The van der Waals surface area contributed by atoms with Gasteiger partial charge in [0.15, 0.2) is 5.82 Å². The van der Waals surface area contributed by atoms with Gasteiger partial charge < -0.3 is 14.8 Å². The Morgan fingerprint density at radius 2 is 1.54 bits per heavy atom. The number of hydrogen-bond donors (Lipinski definition) is 2. The molecule has 6 nitrogen and oxygen atoms in total. The highest BCUT2D eigenvalue weighted by Gasteiger charge is 2.39. The molecular formula is C30H22F5N3O3. The molecule has 0 unspecified atom stereocenters. The molecule has 4 aromatic carbocycles. The summed E-state index contributed by atoms with van der Waals surface area (Å²) in [5, 5.41) is 8.44. The fourth-order valence-electron chi connectivity index (χ4n) is 4.35. The number of aromatic amines is 1. The van der Waals surface area contributed by atoms with Crippen molar-refractivity contribution in [3.8, 4) is 22.6 Å². The fourth-order valence-corrected chi connectivity index (χ4v) is 4.35. The number of fused-ring (bicyclic) bond motifs is 1. The van der Waals surface area contributed by atoms with Gasteiger partial charge in [-0.1, -0.05) is 24.3 Å². The Labute approximate surface area is 230 Å². The molecule has 5 aromatic rings. The number of aromatic nitrogens is 2. The Morgan fingerprint density at radius 3 is 2.17 bits per heavy atom. The van der Waals surface area contributed by atoms with Gasteiger partial charge in [-0.2, -0.15) is 18.3 Å². The Bertz CT molecular complexity index is 1680. The number of nitrogens with zero attached hydrogens (tertiary/aromatic N) is 1. The van der Waals surface area contributed by atoms with Gasteiger partial charge in [0.1, 0.15) is 29.7 Å². The van der Waals surface area contributed by atoms with Gasteiger partial charge in [-0.05, 0) is 82.8 Å². The van der Waals surface area contributed by atoms with Crippen molar-refractivity contribution in [2.45, 2.75) is 19.2 Å². The number of alkyl halides is 3. The number of rotatable bonds is 8. The van der Waals surface area contributed by atoms with Crippen LogP contribution in [0.4, 0.5) is 27.8 Å². The van der Waals surface area contributed by atoms with Crippen LogP contribution in [0.5, 0.6) is 11.5 Å². The maximum Gasteiger partial charge on any atom is 0.471 e. The summed E-state index contributed by atoms with van der Waals surface area (Å²) in [5.41, 5.74) is 3.50. The van der Waals surface area contributed by atoms with E-state index in [1.807, 2.05) is 24.3 Å². The van der Waals surface area contributed by atoms with Crippen LogP contribution in [0.25, 0.3) is 22.0 Å². The first-order chi connectivity index (χ1) is 19.6. The summed E-state index contributed by atoms with van der Waals surface area (Å²) < 4.78 is 77.4. The molecular weight excluding hydrogens is 545 g/mol. The molecule has 0 spiro atoms. The molecule has 0 saturated heterocycles. The number of halogens is 5. The van der Waals surface area contributed by atoms with Crippen molar-refractivity contribution in [2.75, 3.05) is 12.4 Å². The van der Waals surface area contributed by atoms with E-state index in [0.717, 1.165) is 17.4 Å². The van der Waals surface area contributed by atoms with Crippen molar-refractivity contribution in [1.29, 1.82) is 0 Å². The predicted octanol–water partition coefficient (Wildman–Crippen LogP) is 7.19. The van der Waals surface area contributed by atoms with Crippen molar-refractivity contribution in [1.82, 2.24) is 10.2 Å². The number of anilines is 1. The number of carbonyl (C=O) groups is 1. The lowest BCUT2D eigenvalue weighted by Crippen LogP contribution is -2.30. The van der Waals surface area contributed by atoms with Gasteiger partial charge in [0, 0.05) is 11.5 Å². The molecule has 210 valence electrons. The van der Waals surface area contributed by atoms with Crippen LogP contribution >= 0.6 is 0 Å². The molecule has 0 atom stereocenters. The highest BCUT2D eigenvalue weighted by atomic mass is 19.4. The Balaban J connectivity index is 1.47. The minimum atomic E-state index is -5.11. The molecule has 1 heterocycles. The molecule has 0 bridgehead atoms. The third-order valence-electron chi connectivity index (χ3n) is 6.32. The predicted molar refractivity (Wildman–Crippen MR) is 143 cm³/mol. The van der Waals surface area contributed by atoms with E-state index in [1.165, 1.54) is 18.2 Å². The van der Waals surface area contributed by atoms with Gasteiger partial charge in [0.05, 0.1) is 12.6 Å². The molecule has 0 aliphatic heterocycles. The van der Waals surface area contributed by atoms with E-state index in [4.69, 9.17) is 9.47 Å². The number of ether oxygens (including phenoxy) is 2. The Morgan fingerprint density at radius 1 is 0.878 bits per heavy atom. The van der Waals surface area contributed by atoms with E-state index in [-0.39, 0.29) is 17.6 Å². The summed E-state index contributed by atoms with van der Waals surface area (Å²) in [6.07, 6.45) is -5.06. The summed E-state index contributed by atoms with van der Waals surface area (Å²) in [4.78, 5) is 11.5. The summed E-state index contributed by atoms with van der Waals surface area (Å²) in [5.74, 6) is -2.68. The molecule has 11 heteroatoms. The van der Waals surface area contributed by atoms with Crippen LogP contribution in [-0.2, 0) is 17.8 Å². The van der Waals surface area contributed by atoms with E-state index in [9.17, 15) is 26.7 Å². The summed E-state index contributed by atoms with van der Waals surface area (Å²) in [6.45, 7) is 0.326. The average Bonchev–Trinajstić information content (AvgIpc) is 3.32. The van der Waals surface area contributed by atoms with E-state index >= 15 is 0 Å². The molecule has 0 saturated carbocycles. The molecule has 0 fully saturated rings. The van der Waals surface area contributed by atoms with Crippen LogP contribution in [0, 0.1) is 11.6 Å². The lowest BCUT2D eigenvalue weighted by atomic mass is 9.93. The van der Waals surface area contributed by atoms with Crippen LogP contribution in [-0.4, -0.2) is 29.4 Å². The first-order valence-electron chi connectivity index (χ1n) is 12.3. The second-order valence-electron chi connectivity index (χ2n) is 9.19. The van der Waals surface area contributed by atoms with Crippen LogP contribution < -0.4 is 14.8 Å². The number of H-pyrrole nitrogens is 1. The molecule has 41 heavy (non-hydrogen) atoms. The van der Waals surface area contributed by atoms with Gasteiger partial charge in [0.25, 0.3) is 0 Å². The third-order valence-corrected chi connectivity index (χ3v) is 6.32. The Hall–Kier alpha value is -4.93. The number of methoxy groups -OCH3 is 1. The monoisotopic (exact) mass is 567 g/mol. The van der Waals surface area contributed by atoms with Crippen LogP contribution in [0.2, 0.25) is 0 Å². The third kappa shape index (κ3) is 6.46. The first-order valence-corrected chi connectivity index (χ1v) is 12.3. The lowest BCUT2D eigenvalue weighted by Gasteiger charge is -2.13. The van der Waals surface area contributed by atoms with Crippen LogP contribution in [0.3, 0.4) is 0 Å². The SMILES string of the molecule is COc1ccc(COc2ccc(-c3cc4[nH]nc(NC(=O)C(F)(F)F)c4cc3Cc3cc(F)cc(F)c3)cc2)cc1. The fraction of sp³-hybridized carbons (Fsp3) is 0.133. The van der Waals surface area contributed by atoms with E-state index in [0.29, 0.717) is 40.1 Å². The van der Waals surface area contributed by atoms with Crippen LogP contribution in [0.1, 0.15) is 16.7 Å². The molecule has 1 aromatic heterocycles. The highest BCUT2D eigenvalue weighted by molar-refractivity contribution is 6.03. The topological polar surface area (TPSA) is 76.2 Å². The highest BCUT2D eigenvalue weighted by Crippen LogP contribution is 2.34. The number of amides is 1. The number of nitrogens with one attached hydrogen (secondary N) is 2. The molecule has 0 radical (unpaired) electrons.